The third-order valence-electron chi connectivity index (χ3n) is 17.3. The van der Waals surface area contributed by atoms with Gasteiger partial charge in [0, 0.05) is 57.5 Å². The van der Waals surface area contributed by atoms with Crippen LogP contribution in [-0.4, -0.2) is 32.9 Å². The second-order valence-electron chi connectivity index (χ2n) is 21.1. The standard InChI is InChI=1S/C65H53BN6O/c1-3-15-46(16-4-1)54-22-12-23-55(47-17-5-2-6-18-47)63(54)71-43-70(64-59(71)25-13-31-68-64)51-19-11-20-52(41-51)73-53-27-28-57-56-21-7-8-24-58(56)72(60(57)42-53)62-40-48(29-32-67-62)65(49-36-44-35-45(38-49)39-50(65)37-44)61-26-14-34-69-33-10-9-30-66(61)69/h1-34,40-42,44-45,49-50H,35-39,43H2. The van der Waals surface area contributed by atoms with Crippen molar-refractivity contribution in [2.45, 2.75) is 37.5 Å². The molecule has 3 aliphatic heterocycles. The van der Waals surface area contributed by atoms with Crippen LogP contribution in [0.1, 0.15) is 37.7 Å². The van der Waals surface area contributed by atoms with E-state index in [1.165, 1.54) is 70.7 Å². The fourth-order valence-corrected chi connectivity index (χ4v) is 14.6. The average molecular weight is 945 g/mol. The minimum Gasteiger partial charge on any atom is -0.457 e. The molecular weight excluding hydrogens is 892 g/mol. The van der Waals surface area contributed by atoms with E-state index in [1.54, 1.807) is 5.47 Å². The van der Waals surface area contributed by atoms with Crippen LogP contribution in [0.5, 0.6) is 11.5 Å². The zero-order chi connectivity index (χ0) is 48.0. The third kappa shape index (κ3) is 6.72. The molecule has 0 amide bonds. The molecule has 16 rings (SSSR count). The number of hydrogen-bond donors (Lipinski definition) is 0. The van der Waals surface area contributed by atoms with Gasteiger partial charge in [0.2, 0.25) is 0 Å². The lowest BCUT2D eigenvalue weighted by molar-refractivity contribution is -0.0411. The highest BCUT2D eigenvalue weighted by atomic mass is 16.5. The molecule has 4 fully saturated rings. The molecule has 73 heavy (non-hydrogen) atoms. The molecule has 0 N–H and O–H groups in total. The summed E-state index contributed by atoms with van der Waals surface area (Å²) < 4.78 is 9.31. The summed E-state index contributed by atoms with van der Waals surface area (Å²) >= 11 is 0. The van der Waals surface area contributed by atoms with Crippen LogP contribution in [0.3, 0.4) is 0 Å². The Morgan fingerprint density at radius 3 is 2.05 bits per heavy atom. The molecule has 0 spiro atoms. The van der Waals surface area contributed by atoms with Crippen LogP contribution in [0.2, 0.25) is 0 Å². The maximum absolute atomic E-state index is 6.93. The predicted octanol–water partition coefficient (Wildman–Crippen LogP) is 15.6. The average Bonchev–Trinajstić information content (AvgIpc) is 3.99. The monoisotopic (exact) mass is 944 g/mol. The van der Waals surface area contributed by atoms with E-state index >= 15 is 0 Å². The first kappa shape index (κ1) is 42.3. The Hall–Kier alpha value is -8.36. The maximum atomic E-state index is 6.93. The lowest BCUT2D eigenvalue weighted by Gasteiger charge is -2.63. The minimum atomic E-state index is -0.0653. The number of ether oxygens (including phenoxy) is 1. The first-order chi connectivity index (χ1) is 36.2. The van der Waals surface area contributed by atoms with Crippen LogP contribution in [0, 0.1) is 23.7 Å². The second-order valence-corrected chi connectivity index (χ2v) is 21.1. The first-order valence-corrected chi connectivity index (χ1v) is 26.2. The quantitative estimate of drug-likeness (QED) is 0.134. The summed E-state index contributed by atoms with van der Waals surface area (Å²) in [4.78, 5) is 17.4. The van der Waals surface area contributed by atoms with E-state index < -0.39 is 0 Å². The molecule has 352 valence electrons. The van der Waals surface area contributed by atoms with Crippen molar-refractivity contribution in [1.82, 2.24) is 19.3 Å². The summed E-state index contributed by atoms with van der Waals surface area (Å²) in [5.74, 6) is 8.70. The maximum Gasteiger partial charge on any atom is 0.316 e. The van der Waals surface area contributed by atoms with E-state index in [9.17, 15) is 0 Å². The van der Waals surface area contributed by atoms with Crippen LogP contribution < -0.4 is 14.5 Å². The van der Waals surface area contributed by atoms with Crippen molar-refractivity contribution < 1.29 is 4.74 Å². The van der Waals surface area contributed by atoms with Gasteiger partial charge in [-0.3, -0.25) is 4.57 Å². The van der Waals surface area contributed by atoms with E-state index in [2.05, 4.69) is 232 Å². The van der Waals surface area contributed by atoms with Crippen LogP contribution in [0.15, 0.2) is 230 Å². The lowest BCUT2D eigenvalue weighted by atomic mass is 9.33. The normalized spacial score (nSPS) is 22.3. The summed E-state index contributed by atoms with van der Waals surface area (Å²) in [7, 11) is 0. The Morgan fingerprint density at radius 2 is 1.26 bits per heavy atom. The van der Waals surface area contributed by atoms with Crippen molar-refractivity contribution in [1.29, 1.82) is 0 Å². The van der Waals surface area contributed by atoms with Gasteiger partial charge < -0.3 is 19.3 Å². The van der Waals surface area contributed by atoms with Gasteiger partial charge in [-0.05, 0) is 152 Å². The molecule has 4 bridgehead atoms. The number of nitrogens with zero attached hydrogens (tertiary/aromatic N) is 6. The van der Waals surface area contributed by atoms with Gasteiger partial charge >= 0.3 is 6.85 Å². The largest absolute Gasteiger partial charge is 0.457 e. The van der Waals surface area contributed by atoms with Gasteiger partial charge in [0.15, 0.2) is 5.82 Å². The molecule has 7 nitrogen and oxygen atoms in total. The highest BCUT2D eigenvalue weighted by Gasteiger charge is 2.61. The number of anilines is 4. The van der Waals surface area contributed by atoms with Crippen LogP contribution in [-0.2, 0) is 5.41 Å². The molecule has 0 saturated heterocycles. The number of pyridine rings is 2. The molecular formula is C65H53BN6O. The van der Waals surface area contributed by atoms with Gasteiger partial charge in [0.05, 0.1) is 22.4 Å². The number of hydrogen-bond acceptors (Lipinski definition) is 6. The van der Waals surface area contributed by atoms with Gasteiger partial charge in [-0.2, -0.15) is 0 Å². The van der Waals surface area contributed by atoms with E-state index in [4.69, 9.17) is 14.7 Å². The summed E-state index contributed by atoms with van der Waals surface area (Å²) in [5.41, 5.74) is 13.0. The van der Waals surface area contributed by atoms with Crippen molar-refractivity contribution >= 4 is 51.5 Å². The Labute approximate surface area is 426 Å². The Morgan fingerprint density at radius 1 is 0.548 bits per heavy atom. The lowest BCUT2D eigenvalue weighted by Crippen LogP contribution is -2.60. The van der Waals surface area contributed by atoms with Gasteiger partial charge in [-0.1, -0.05) is 127 Å². The molecule has 9 aromatic rings. The zero-order valence-electron chi connectivity index (χ0n) is 40.6. The molecule has 7 aliphatic rings. The highest BCUT2D eigenvalue weighted by molar-refractivity contribution is 6.70. The number of aromatic nitrogens is 3. The molecule has 0 unspecified atom stereocenters. The number of allylic oxidation sites excluding steroid dienone is 5. The molecule has 8 heteroatoms. The fourth-order valence-electron chi connectivity index (χ4n) is 14.6. The minimum absolute atomic E-state index is 0.0653. The topological polar surface area (TPSA) is 49.7 Å². The van der Waals surface area contributed by atoms with Gasteiger partial charge in [0.1, 0.15) is 24.0 Å². The SMILES string of the molecule is C1=CB2C(C3(c4ccnc(-n5c6ccccc6c6ccc(Oc7cccc(N8CN(c9c(-c%10ccccc%10)cccc9-c9ccccc9)c9cccnc98)c7)cc65)c4)C4CC5CC(C4)CC3C5)=CC=CN2C=C1. The summed E-state index contributed by atoms with van der Waals surface area (Å²) in [6.45, 7) is 0.789. The van der Waals surface area contributed by atoms with E-state index in [0.29, 0.717) is 18.5 Å². The number of benzene rings is 6. The molecule has 0 atom stereocenters. The fraction of sp³-hybridized carbons (Fsp3) is 0.169. The second kappa shape index (κ2) is 16.9. The Kier molecular flexibility index (Phi) is 9.79. The molecule has 6 heterocycles. The Bertz CT molecular complexity index is 3680. The van der Waals surface area contributed by atoms with Crippen molar-refractivity contribution in [2.24, 2.45) is 23.7 Å². The smallest absolute Gasteiger partial charge is 0.316 e. The van der Waals surface area contributed by atoms with E-state index in [1.807, 2.05) is 12.3 Å². The number of rotatable bonds is 9. The molecule has 6 aromatic carbocycles. The third-order valence-corrected chi connectivity index (χ3v) is 17.3. The van der Waals surface area contributed by atoms with Gasteiger partial charge in [0.25, 0.3) is 0 Å². The molecule has 3 aromatic heterocycles. The van der Waals surface area contributed by atoms with Crippen molar-refractivity contribution in [3.05, 3.63) is 236 Å². The van der Waals surface area contributed by atoms with Crippen LogP contribution in [0.25, 0.3) is 49.9 Å². The molecule has 4 aliphatic carbocycles. The van der Waals surface area contributed by atoms with Crippen molar-refractivity contribution in [3.63, 3.8) is 0 Å². The zero-order valence-corrected chi connectivity index (χ0v) is 40.6. The number of fused-ring (bicyclic) bond motifs is 5. The number of para-hydroxylation sites is 2. The van der Waals surface area contributed by atoms with Crippen molar-refractivity contribution in [3.8, 4) is 39.6 Å². The van der Waals surface area contributed by atoms with E-state index in [-0.39, 0.29) is 12.3 Å². The van der Waals surface area contributed by atoms with Crippen LogP contribution in [0.4, 0.5) is 22.9 Å². The van der Waals surface area contributed by atoms with Crippen molar-refractivity contribution in [2.75, 3.05) is 16.5 Å². The van der Waals surface area contributed by atoms with Crippen LogP contribution >= 0.6 is 0 Å². The van der Waals surface area contributed by atoms with Gasteiger partial charge in [-0.25, -0.2) is 9.97 Å². The first-order valence-electron chi connectivity index (χ1n) is 26.2. The van der Waals surface area contributed by atoms with Gasteiger partial charge in [-0.15, -0.1) is 0 Å². The summed E-state index contributed by atoms with van der Waals surface area (Å²) in [6.07, 6.45) is 24.3. The molecule has 0 radical (unpaired) electrons. The van der Waals surface area contributed by atoms with E-state index in [0.717, 1.165) is 63.1 Å². The summed E-state index contributed by atoms with van der Waals surface area (Å²) in [5, 5.41) is 2.38. The highest BCUT2D eigenvalue weighted by Crippen LogP contribution is 2.66. The molecule has 4 saturated carbocycles. The predicted molar refractivity (Wildman–Crippen MR) is 298 cm³/mol. The summed E-state index contributed by atoms with van der Waals surface area (Å²) in [6, 6.07) is 60.9. The Balaban J connectivity index is 0.801.